The van der Waals surface area contributed by atoms with E-state index in [-0.39, 0.29) is 42.7 Å². The van der Waals surface area contributed by atoms with Gasteiger partial charge in [0.15, 0.2) is 6.10 Å². The molecule has 0 fully saturated rings. The van der Waals surface area contributed by atoms with Gasteiger partial charge >= 0.3 is 11.9 Å². The van der Waals surface area contributed by atoms with E-state index in [9.17, 15) is 19.5 Å². The van der Waals surface area contributed by atoms with Gasteiger partial charge in [-0.2, -0.15) is 0 Å². The molecule has 0 aliphatic heterocycles. The molecule has 0 aromatic carbocycles. The number of likely N-dealkylation sites (N-methyl/N-ethyl adjacent to an activating group) is 1. The van der Waals surface area contributed by atoms with Crippen molar-refractivity contribution in [1.82, 2.24) is 0 Å². The summed E-state index contributed by atoms with van der Waals surface area (Å²) in [6.45, 7) is 4.51. The van der Waals surface area contributed by atoms with Crippen molar-refractivity contribution in [2.45, 2.75) is 174 Å². The fourth-order valence-electron chi connectivity index (χ4n) is 5.98. The van der Waals surface area contributed by atoms with Gasteiger partial charge < -0.3 is 28.6 Å². The average molecular weight is 784 g/mol. The number of rotatable bonds is 38. The number of nitrogens with zero attached hydrogens (tertiary/aromatic N) is 1. The summed E-state index contributed by atoms with van der Waals surface area (Å²) in [6.07, 6.45) is 47.7. The third-order valence-electron chi connectivity index (χ3n) is 9.42. The standard InChI is InChI=1S/C48H81NO7/c1-6-8-10-12-14-16-18-20-22-23-24-25-27-28-30-32-34-36-38-46(50)55-43-44(42-54-41-40-45(48(52)53)49(3,4)5)56-47(51)39-37-35-33-31-29-26-21-19-17-15-13-11-9-7-2/h10,12,14,16,18,20,22-26,29,44-45H,6-9,11,13,15,17,19,21,27-28,30-43H2,1-5H3/b12-10+,16-14+,20-18+,23-22+,25-24+,29-26+. The fraction of sp³-hybridized carbons (Fsp3) is 0.688. The van der Waals surface area contributed by atoms with Crippen LogP contribution in [0.2, 0.25) is 0 Å². The van der Waals surface area contributed by atoms with Gasteiger partial charge in [0.2, 0.25) is 0 Å². The molecule has 0 rings (SSSR count). The molecule has 2 unspecified atom stereocenters. The largest absolute Gasteiger partial charge is 0.544 e. The Morgan fingerprint density at radius 1 is 0.536 bits per heavy atom. The number of carbonyl (C=O) groups excluding carboxylic acids is 3. The van der Waals surface area contributed by atoms with Crippen molar-refractivity contribution < 1.29 is 38.2 Å². The molecular formula is C48H81NO7. The zero-order valence-electron chi connectivity index (χ0n) is 36.3. The van der Waals surface area contributed by atoms with Gasteiger partial charge in [0.05, 0.1) is 40.3 Å². The van der Waals surface area contributed by atoms with E-state index in [4.69, 9.17) is 14.2 Å². The monoisotopic (exact) mass is 784 g/mol. The highest BCUT2D eigenvalue weighted by Gasteiger charge is 2.25. The minimum Gasteiger partial charge on any atom is -0.544 e. The van der Waals surface area contributed by atoms with E-state index in [0.29, 0.717) is 12.8 Å². The first-order valence-electron chi connectivity index (χ1n) is 22.0. The summed E-state index contributed by atoms with van der Waals surface area (Å²) in [4.78, 5) is 36.8. The predicted octanol–water partition coefficient (Wildman–Crippen LogP) is 10.6. The van der Waals surface area contributed by atoms with Crippen LogP contribution >= 0.6 is 0 Å². The minimum atomic E-state index is -1.13. The van der Waals surface area contributed by atoms with Crippen LogP contribution in [0.4, 0.5) is 0 Å². The molecule has 0 aliphatic carbocycles. The van der Waals surface area contributed by atoms with Gasteiger partial charge in [-0.15, -0.1) is 0 Å². The quantitative estimate of drug-likeness (QED) is 0.0202. The van der Waals surface area contributed by atoms with Crippen molar-refractivity contribution >= 4 is 17.9 Å². The molecule has 56 heavy (non-hydrogen) atoms. The molecule has 0 saturated heterocycles. The molecule has 0 heterocycles. The molecule has 0 aromatic heterocycles. The number of carboxylic acid groups (broad SMARTS) is 1. The smallest absolute Gasteiger partial charge is 0.306 e. The number of ether oxygens (including phenoxy) is 3. The SMILES string of the molecule is CCC/C=C/C=C/C=C/C=C/C=C/CCCCCCCC(=O)OCC(COCCC(C(=O)[O-])[N+](C)(C)C)OC(=O)CCCCC/C=C/CCCCCCCCC. The number of hydrogen-bond donors (Lipinski definition) is 0. The van der Waals surface area contributed by atoms with Crippen molar-refractivity contribution in [3.05, 3.63) is 72.9 Å². The van der Waals surface area contributed by atoms with E-state index in [2.05, 4.69) is 50.3 Å². The number of quaternary nitrogens is 1. The minimum absolute atomic E-state index is 0.0226. The molecular weight excluding hydrogens is 703 g/mol. The van der Waals surface area contributed by atoms with Crippen LogP contribution in [0.15, 0.2) is 72.9 Å². The van der Waals surface area contributed by atoms with E-state index in [0.717, 1.165) is 77.0 Å². The molecule has 0 N–H and O–H groups in total. The Kier molecular flexibility index (Phi) is 36.4. The molecule has 0 bridgehead atoms. The summed E-state index contributed by atoms with van der Waals surface area (Å²) >= 11 is 0. The van der Waals surface area contributed by atoms with Crippen LogP contribution in [0, 0.1) is 0 Å². The maximum atomic E-state index is 12.7. The van der Waals surface area contributed by atoms with Crippen LogP contribution in [0.1, 0.15) is 162 Å². The summed E-state index contributed by atoms with van der Waals surface area (Å²) in [6, 6.07) is -0.735. The first-order valence-corrected chi connectivity index (χ1v) is 22.0. The summed E-state index contributed by atoms with van der Waals surface area (Å²) < 4.78 is 17.1. The van der Waals surface area contributed by atoms with Crippen molar-refractivity contribution in [3.63, 3.8) is 0 Å². The molecule has 320 valence electrons. The molecule has 0 aromatic rings. The maximum absolute atomic E-state index is 12.7. The Bertz CT molecular complexity index is 1140. The van der Waals surface area contributed by atoms with E-state index < -0.39 is 18.1 Å². The molecule has 0 radical (unpaired) electrons. The van der Waals surface area contributed by atoms with E-state index in [1.807, 2.05) is 36.5 Å². The van der Waals surface area contributed by atoms with Gasteiger partial charge in [-0.05, 0) is 57.8 Å². The number of allylic oxidation sites excluding steroid dienone is 12. The summed E-state index contributed by atoms with van der Waals surface area (Å²) in [7, 11) is 5.38. The summed E-state index contributed by atoms with van der Waals surface area (Å²) in [5.41, 5.74) is 0. The molecule has 0 saturated carbocycles. The van der Waals surface area contributed by atoms with Crippen molar-refractivity contribution in [1.29, 1.82) is 0 Å². The number of unbranched alkanes of at least 4 members (excludes halogenated alkanes) is 16. The number of esters is 2. The van der Waals surface area contributed by atoms with E-state index in [1.165, 1.54) is 51.4 Å². The van der Waals surface area contributed by atoms with Gasteiger partial charge in [-0.25, -0.2) is 0 Å². The highest BCUT2D eigenvalue weighted by atomic mass is 16.6. The Labute approximate surface area is 342 Å². The van der Waals surface area contributed by atoms with E-state index >= 15 is 0 Å². The zero-order chi connectivity index (χ0) is 41.4. The number of hydrogen-bond acceptors (Lipinski definition) is 7. The van der Waals surface area contributed by atoms with Crippen LogP contribution < -0.4 is 5.11 Å². The Balaban J connectivity index is 4.44. The number of carboxylic acids is 1. The highest BCUT2D eigenvalue weighted by Crippen LogP contribution is 2.13. The second kappa shape index (κ2) is 38.6. The lowest BCUT2D eigenvalue weighted by Gasteiger charge is -2.34. The third kappa shape index (κ3) is 36.4. The Morgan fingerprint density at radius 2 is 1.00 bits per heavy atom. The molecule has 8 heteroatoms. The van der Waals surface area contributed by atoms with Crippen molar-refractivity contribution in [2.24, 2.45) is 0 Å². The lowest BCUT2D eigenvalue weighted by atomic mass is 10.1. The second-order valence-electron chi connectivity index (χ2n) is 15.7. The molecule has 8 nitrogen and oxygen atoms in total. The van der Waals surface area contributed by atoms with Gasteiger partial charge in [-0.3, -0.25) is 9.59 Å². The van der Waals surface area contributed by atoms with Gasteiger partial charge in [0, 0.05) is 19.3 Å². The molecule has 0 aliphatic rings. The maximum Gasteiger partial charge on any atom is 0.306 e. The Hall–Kier alpha value is -3.23. The van der Waals surface area contributed by atoms with Gasteiger partial charge in [0.1, 0.15) is 12.6 Å². The molecule has 2 atom stereocenters. The third-order valence-corrected chi connectivity index (χ3v) is 9.42. The number of aliphatic carboxylic acids is 1. The van der Waals surface area contributed by atoms with Crippen molar-refractivity contribution in [2.75, 3.05) is 41.0 Å². The lowest BCUT2D eigenvalue weighted by Crippen LogP contribution is -2.55. The number of carbonyl (C=O) groups is 3. The summed E-state index contributed by atoms with van der Waals surface area (Å²) in [5.74, 6) is -1.80. The van der Waals surface area contributed by atoms with E-state index in [1.54, 1.807) is 21.1 Å². The lowest BCUT2D eigenvalue weighted by molar-refractivity contribution is -0.889. The predicted molar refractivity (Wildman–Crippen MR) is 231 cm³/mol. The van der Waals surface area contributed by atoms with Crippen LogP contribution in [0.3, 0.4) is 0 Å². The van der Waals surface area contributed by atoms with Crippen molar-refractivity contribution in [3.8, 4) is 0 Å². The summed E-state index contributed by atoms with van der Waals surface area (Å²) in [5, 5.41) is 11.6. The van der Waals surface area contributed by atoms with Gasteiger partial charge in [0.25, 0.3) is 0 Å². The van der Waals surface area contributed by atoms with Crippen LogP contribution in [0.25, 0.3) is 0 Å². The fourth-order valence-corrected chi connectivity index (χ4v) is 5.98. The van der Waals surface area contributed by atoms with Crippen LogP contribution in [0.5, 0.6) is 0 Å². The van der Waals surface area contributed by atoms with Crippen LogP contribution in [-0.4, -0.2) is 75.5 Å². The molecule has 0 spiro atoms. The first-order chi connectivity index (χ1) is 27.1. The zero-order valence-corrected chi connectivity index (χ0v) is 36.3. The highest BCUT2D eigenvalue weighted by molar-refractivity contribution is 5.70. The average Bonchev–Trinajstić information content (AvgIpc) is 3.15. The normalized spacial score (nSPS) is 13.7. The second-order valence-corrected chi connectivity index (χ2v) is 15.7. The van der Waals surface area contributed by atoms with Crippen LogP contribution in [-0.2, 0) is 28.6 Å². The first kappa shape index (κ1) is 52.8. The Morgan fingerprint density at radius 3 is 1.54 bits per heavy atom. The molecule has 0 amide bonds. The van der Waals surface area contributed by atoms with Gasteiger partial charge in [-0.1, -0.05) is 157 Å². The topological polar surface area (TPSA) is 102 Å².